The maximum absolute atomic E-state index is 12.5. The topological polar surface area (TPSA) is 164 Å². The molecule has 2 aromatic heterocycles. The molecule has 2 aliphatic rings. The summed E-state index contributed by atoms with van der Waals surface area (Å²) in [6.45, 7) is 11.9. The van der Waals surface area contributed by atoms with Gasteiger partial charge in [0.2, 0.25) is 0 Å². The number of rotatable bonds is 16. The smallest absolute Gasteiger partial charge is 0.303 e. The highest BCUT2D eigenvalue weighted by Gasteiger charge is 2.26. The number of H-pyrrole nitrogens is 2. The average molecular weight is 645 g/mol. The van der Waals surface area contributed by atoms with Gasteiger partial charge in [0.05, 0.1) is 0 Å². The fourth-order valence-electron chi connectivity index (χ4n) is 6.75. The van der Waals surface area contributed by atoms with E-state index in [0.717, 1.165) is 104 Å². The van der Waals surface area contributed by atoms with Crippen LogP contribution >= 0.6 is 0 Å². The minimum atomic E-state index is -0.807. The largest absolute Gasteiger partial charge is 0.481 e. The van der Waals surface area contributed by atoms with E-state index in [1.54, 1.807) is 0 Å². The van der Waals surface area contributed by atoms with Gasteiger partial charge in [0, 0.05) is 64.6 Å². The van der Waals surface area contributed by atoms with Crippen LogP contribution in [0.3, 0.4) is 0 Å². The van der Waals surface area contributed by atoms with E-state index in [1.807, 2.05) is 39.8 Å². The Kier molecular flexibility index (Phi) is 11.5. The molecule has 2 aromatic rings. The highest BCUT2D eigenvalue weighted by Crippen LogP contribution is 2.32. The Bertz CT molecular complexity index is 1590. The normalized spacial score (nSPS) is 16.6. The van der Waals surface area contributed by atoms with Crippen molar-refractivity contribution in [3.63, 3.8) is 0 Å². The van der Waals surface area contributed by atoms with Crippen LogP contribution < -0.4 is 10.6 Å². The first kappa shape index (κ1) is 35.3. The van der Waals surface area contributed by atoms with Crippen molar-refractivity contribution in [2.45, 2.75) is 112 Å². The molecule has 4 rings (SSSR count). The van der Waals surface area contributed by atoms with E-state index < -0.39 is 11.9 Å². The lowest BCUT2D eigenvalue weighted by Gasteiger charge is -2.08. The molecule has 2 aliphatic heterocycles. The third kappa shape index (κ3) is 8.04. The summed E-state index contributed by atoms with van der Waals surface area (Å²) in [5, 5.41) is 24.4. The number of aromatic amines is 2. The maximum Gasteiger partial charge on any atom is 0.303 e. The van der Waals surface area contributed by atoms with Crippen molar-refractivity contribution < 1.29 is 29.4 Å². The van der Waals surface area contributed by atoms with Crippen molar-refractivity contribution in [3.8, 4) is 0 Å². The Morgan fingerprint density at radius 3 is 1.36 bits per heavy atom. The highest BCUT2D eigenvalue weighted by molar-refractivity contribution is 6.01. The third-order valence-electron chi connectivity index (χ3n) is 9.52. The molecule has 0 aliphatic carbocycles. The lowest BCUT2D eigenvalue weighted by molar-refractivity contribution is -0.138. The van der Waals surface area contributed by atoms with E-state index in [9.17, 15) is 29.4 Å². The quantitative estimate of drug-likeness (QED) is 0.114. The number of nitrogens with one attached hydrogen (secondary N) is 4. The van der Waals surface area contributed by atoms with Crippen molar-refractivity contribution in [1.82, 2.24) is 20.6 Å². The van der Waals surface area contributed by atoms with Crippen LogP contribution in [0.5, 0.6) is 0 Å². The van der Waals surface area contributed by atoms with Crippen LogP contribution in [0.15, 0.2) is 33.7 Å². The van der Waals surface area contributed by atoms with Crippen molar-refractivity contribution in [1.29, 1.82) is 0 Å². The predicted octanol–water partition coefficient (Wildman–Crippen LogP) is 6.54. The number of carbonyl (C=O) groups excluding carboxylic acids is 2. The Labute approximate surface area is 276 Å². The summed E-state index contributed by atoms with van der Waals surface area (Å²) in [5.74, 6) is -1.79. The number of hydrogen-bond acceptors (Lipinski definition) is 4. The zero-order chi connectivity index (χ0) is 34.4. The molecule has 0 aromatic carbocycles. The Morgan fingerprint density at radius 2 is 1.02 bits per heavy atom. The number of aromatic nitrogens is 2. The number of hydrogen-bond donors (Lipinski definition) is 6. The number of carboxylic acids is 2. The summed E-state index contributed by atoms with van der Waals surface area (Å²) in [5.41, 5.74) is 13.2. The minimum Gasteiger partial charge on any atom is -0.481 e. The highest BCUT2D eigenvalue weighted by atomic mass is 16.4. The molecule has 2 amide bonds. The Balaban J connectivity index is 1.76. The molecule has 0 spiro atoms. The molecule has 0 radical (unpaired) electrons. The molecule has 0 bridgehead atoms. The van der Waals surface area contributed by atoms with Gasteiger partial charge in [-0.15, -0.1) is 0 Å². The van der Waals surface area contributed by atoms with E-state index in [1.165, 1.54) is 0 Å². The van der Waals surface area contributed by atoms with Crippen molar-refractivity contribution in [3.05, 3.63) is 78.7 Å². The zero-order valence-corrected chi connectivity index (χ0v) is 28.5. The van der Waals surface area contributed by atoms with E-state index in [2.05, 4.69) is 34.4 Å². The van der Waals surface area contributed by atoms with Crippen molar-refractivity contribution >= 4 is 35.9 Å². The van der Waals surface area contributed by atoms with Crippen LogP contribution in [0.25, 0.3) is 12.2 Å². The molecule has 0 saturated carbocycles. The molecule has 4 heterocycles. The first-order valence-corrected chi connectivity index (χ1v) is 16.7. The summed E-state index contributed by atoms with van der Waals surface area (Å²) >= 11 is 0. The van der Waals surface area contributed by atoms with Crippen molar-refractivity contribution in [2.75, 3.05) is 0 Å². The first-order valence-electron chi connectivity index (χ1n) is 16.7. The summed E-state index contributed by atoms with van der Waals surface area (Å²) in [7, 11) is 0. The number of carbonyl (C=O) groups is 4. The van der Waals surface area contributed by atoms with Gasteiger partial charge in [-0.2, -0.15) is 0 Å². The van der Waals surface area contributed by atoms with Crippen LogP contribution in [0.4, 0.5) is 0 Å². The third-order valence-corrected chi connectivity index (χ3v) is 9.52. The second kappa shape index (κ2) is 15.3. The monoisotopic (exact) mass is 644 g/mol. The fraction of sp³-hybridized carbons (Fsp3) is 0.459. The van der Waals surface area contributed by atoms with Crippen LogP contribution in [-0.2, 0) is 38.4 Å². The molecular formula is C37H48N4O6. The average Bonchev–Trinajstić information content (AvgIpc) is 3.66. The number of unbranched alkanes of at least 4 members (excludes halogenated alkanes) is 2. The number of aliphatic carboxylic acids is 2. The number of carboxylic acid groups (broad SMARTS) is 2. The molecule has 0 atom stereocenters. The number of allylic oxidation sites excluding steroid dienone is 2. The van der Waals surface area contributed by atoms with E-state index in [-0.39, 0.29) is 24.7 Å². The predicted molar refractivity (Wildman–Crippen MR) is 182 cm³/mol. The van der Waals surface area contributed by atoms with Gasteiger partial charge in [-0.25, -0.2) is 0 Å². The summed E-state index contributed by atoms with van der Waals surface area (Å²) in [4.78, 5) is 54.6. The van der Waals surface area contributed by atoms with E-state index in [0.29, 0.717) is 32.1 Å². The molecular weight excluding hydrogens is 596 g/mol. The van der Waals surface area contributed by atoms with E-state index in [4.69, 9.17) is 0 Å². The standard InChI is InChI=1S/C37H48N4O6/c1-7-24-22(5)36(46)40-30(24)17-28-20(3)26(13-9-11-15-34(42)43)32(38-28)19-33-27(14-10-12-16-35(44)45)21(4)29(39-33)18-31-25(8-2)23(6)37(47)41-31/h17-18,38-39H,7-16,19H2,1-6H3,(H,40,46)(H,41,47)(H,42,43)(H,44,45)/b30-17-,31-18-. The summed E-state index contributed by atoms with van der Waals surface area (Å²) in [6.07, 6.45) is 10.2. The van der Waals surface area contributed by atoms with Crippen LogP contribution in [0, 0.1) is 13.8 Å². The second-order valence-corrected chi connectivity index (χ2v) is 12.6. The molecule has 10 nitrogen and oxygen atoms in total. The van der Waals surface area contributed by atoms with Crippen LogP contribution in [0.2, 0.25) is 0 Å². The molecule has 47 heavy (non-hydrogen) atoms. The summed E-state index contributed by atoms with van der Waals surface area (Å²) in [6, 6.07) is 0. The Morgan fingerprint density at radius 1 is 0.638 bits per heavy atom. The van der Waals surface area contributed by atoms with Crippen LogP contribution in [0.1, 0.15) is 124 Å². The Hall–Kier alpha value is -4.60. The van der Waals surface area contributed by atoms with Crippen molar-refractivity contribution in [2.24, 2.45) is 0 Å². The van der Waals surface area contributed by atoms with Gasteiger partial charge in [0.1, 0.15) is 0 Å². The number of amides is 2. The van der Waals surface area contributed by atoms with Gasteiger partial charge < -0.3 is 30.8 Å². The maximum atomic E-state index is 12.5. The van der Waals surface area contributed by atoms with Gasteiger partial charge >= 0.3 is 11.9 Å². The van der Waals surface area contributed by atoms with Gasteiger partial charge in [0.25, 0.3) is 11.8 Å². The molecule has 252 valence electrons. The minimum absolute atomic E-state index is 0.0859. The van der Waals surface area contributed by atoms with Crippen LogP contribution in [-0.4, -0.2) is 43.9 Å². The van der Waals surface area contributed by atoms with Gasteiger partial charge in [-0.3, -0.25) is 19.2 Å². The first-order chi connectivity index (χ1) is 22.4. The molecule has 6 N–H and O–H groups in total. The lowest BCUT2D eigenvalue weighted by atomic mass is 9.97. The molecule has 0 unspecified atom stereocenters. The van der Waals surface area contributed by atoms with Gasteiger partial charge in [0.15, 0.2) is 0 Å². The lowest BCUT2D eigenvalue weighted by Crippen LogP contribution is -2.15. The van der Waals surface area contributed by atoms with Gasteiger partial charge in [-0.1, -0.05) is 13.8 Å². The van der Waals surface area contributed by atoms with Gasteiger partial charge in [-0.05, 0) is 125 Å². The SMILES string of the molecule is CCC1=C(C)C(=O)N/C1=C\c1[nH]c(Cc2[nH]c(/C=C3\NC(=O)C(C)=C3CC)c(C)c2CCCCC(=O)O)c(CCCCC(=O)O)c1C. The van der Waals surface area contributed by atoms with E-state index >= 15 is 0 Å². The molecule has 10 heteroatoms. The molecule has 0 saturated heterocycles. The second-order valence-electron chi connectivity index (χ2n) is 12.6. The summed E-state index contributed by atoms with van der Waals surface area (Å²) < 4.78 is 0. The molecule has 0 fully saturated rings. The zero-order valence-electron chi connectivity index (χ0n) is 28.5. The fourth-order valence-corrected chi connectivity index (χ4v) is 6.75.